The van der Waals surface area contributed by atoms with Crippen molar-refractivity contribution in [3.8, 4) is 22.9 Å². The van der Waals surface area contributed by atoms with Gasteiger partial charge >= 0.3 is 0 Å². The van der Waals surface area contributed by atoms with Crippen LogP contribution < -0.4 is 4.74 Å². The third-order valence-electron chi connectivity index (χ3n) is 5.28. The maximum Gasteiger partial charge on any atom is 0.223 e. The number of benzene rings is 2. The van der Waals surface area contributed by atoms with E-state index in [1.165, 1.54) is 7.11 Å². The van der Waals surface area contributed by atoms with E-state index in [1.54, 1.807) is 12.1 Å². The van der Waals surface area contributed by atoms with Gasteiger partial charge in [0.25, 0.3) is 0 Å². The number of phenolic OH excluding ortho intramolecular Hbond substituents is 1. The summed E-state index contributed by atoms with van der Waals surface area (Å²) in [4.78, 5) is 14.6. The Morgan fingerprint density at radius 3 is 2.72 bits per heavy atom. The molecule has 1 aliphatic heterocycles. The highest BCUT2D eigenvalue weighted by Gasteiger charge is 2.29. The minimum atomic E-state index is 0.0719. The second-order valence-electron chi connectivity index (χ2n) is 7.31. The molecule has 3 aromatic rings. The van der Waals surface area contributed by atoms with Crippen LogP contribution in [0.25, 0.3) is 11.4 Å². The van der Waals surface area contributed by atoms with E-state index >= 15 is 0 Å². The highest BCUT2D eigenvalue weighted by Crippen LogP contribution is 2.29. The number of rotatable bonds is 5. The topological polar surface area (TPSA) is 80.5 Å². The van der Waals surface area contributed by atoms with Crippen molar-refractivity contribution in [1.82, 2.24) is 19.7 Å². The fourth-order valence-corrected chi connectivity index (χ4v) is 3.80. The van der Waals surface area contributed by atoms with Gasteiger partial charge in [-0.2, -0.15) is 0 Å². The molecule has 7 nitrogen and oxygen atoms in total. The number of aromatic nitrogens is 3. The van der Waals surface area contributed by atoms with Crippen LogP contribution in [0.2, 0.25) is 0 Å². The minimum absolute atomic E-state index is 0.0719. The van der Waals surface area contributed by atoms with Gasteiger partial charge in [-0.1, -0.05) is 36.4 Å². The quantitative estimate of drug-likeness (QED) is 0.721. The van der Waals surface area contributed by atoms with E-state index in [4.69, 9.17) is 4.74 Å². The summed E-state index contributed by atoms with van der Waals surface area (Å²) in [5, 5.41) is 18.6. The minimum Gasteiger partial charge on any atom is -0.504 e. The summed E-state index contributed by atoms with van der Waals surface area (Å²) < 4.78 is 7.18. The molecule has 1 amide bonds. The summed E-state index contributed by atoms with van der Waals surface area (Å²) in [6.45, 7) is 3.16. The maximum atomic E-state index is 12.8. The summed E-state index contributed by atoms with van der Waals surface area (Å²) in [6.07, 6.45) is 0.932. The number of hydrogen-bond donors (Lipinski definition) is 1. The number of amides is 1. The third-order valence-corrected chi connectivity index (χ3v) is 5.28. The first-order valence-electron chi connectivity index (χ1n) is 9.69. The maximum absolute atomic E-state index is 12.8. The van der Waals surface area contributed by atoms with Crippen LogP contribution in [0, 0.1) is 0 Å². The number of ether oxygens (including phenoxy) is 1. The highest BCUT2D eigenvalue weighted by atomic mass is 16.5. The van der Waals surface area contributed by atoms with E-state index in [-0.39, 0.29) is 17.7 Å². The van der Waals surface area contributed by atoms with E-state index in [1.807, 2.05) is 41.3 Å². The summed E-state index contributed by atoms with van der Waals surface area (Å²) in [5.41, 5.74) is 1.92. The molecule has 1 N–H and O–H groups in total. The van der Waals surface area contributed by atoms with Gasteiger partial charge in [-0.15, -0.1) is 10.2 Å². The van der Waals surface area contributed by atoms with Crippen molar-refractivity contribution >= 4 is 5.91 Å². The lowest BCUT2D eigenvalue weighted by molar-refractivity contribution is -0.133. The molecule has 0 spiro atoms. The van der Waals surface area contributed by atoms with Crippen LogP contribution in [0.5, 0.6) is 11.5 Å². The standard InChI is InChI=1S/C22H24N4O3/c1-15-13-25(21(28)11-9-16-8-10-19(29-2)18(27)12-16)14-20-23-24-22(26(15)20)17-6-4-3-5-7-17/h3-8,10,12,15,27H,9,11,13-14H2,1-2H3/t15-/m0/s1. The molecule has 4 rings (SSSR count). The second kappa shape index (κ2) is 7.95. The van der Waals surface area contributed by atoms with Crippen molar-refractivity contribution in [2.45, 2.75) is 32.4 Å². The number of carbonyl (C=O) groups excluding carboxylic acids is 1. The molecule has 29 heavy (non-hydrogen) atoms. The van der Waals surface area contributed by atoms with Crippen molar-refractivity contribution in [1.29, 1.82) is 0 Å². The molecule has 2 heterocycles. The van der Waals surface area contributed by atoms with E-state index in [9.17, 15) is 9.90 Å². The number of aryl methyl sites for hydroxylation is 1. The molecule has 7 heteroatoms. The summed E-state index contributed by atoms with van der Waals surface area (Å²) in [6, 6.07) is 15.3. The molecule has 0 saturated carbocycles. The van der Waals surface area contributed by atoms with E-state index in [0.29, 0.717) is 31.7 Å². The van der Waals surface area contributed by atoms with Gasteiger partial charge in [-0.25, -0.2) is 0 Å². The van der Waals surface area contributed by atoms with Gasteiger partial charge in [-0.05, 0) is 31.0 Å². The molecule has 0 unspecified atom stereocenters. The van der Waals surface area contributed by atoms with Gasteiger partial charge in [0, 0.05) is 18.5 Å². The van der Waals surface area contributed by atoms with Crippen LogP contribution in [0.3, 0.4) is 0 Å². The zero-order chi connectivity index (χ0) is 20.4. The lowest BCUT2D eigenvalue weighted by Gasteiger charge is -2.32. The summed E-state index contributed by atoms with van der Waals surface area (Å²) in [7, 11) is 1.51. The Kier molecular flexibility index (Phi) is 5.20. The Labute approximate surface area is 169 Å². The van der Waals surface area contributed by atoms with Crippen LogP contribution in [0.1, 0.15) is 30.8 Å². The average molecular weight is 392 g/mol. The first-order valence-corrected chi connectivity index (χ1v) is 9.69. The molecule has 1 aromatic heterocycles. The number of methoxy groups -OCH3 is 1. The van der Waals surface area contributed by atoms with E-state index < -0.39 is 0 Å². The largest absolute Gasteiger partial charge is 0.504 e. The summed E-state index contributed by atoms with van der Waals surface area (Å²) in [5.74, 6) is 2.23. The monoisotopic (exact) mass is 392 g/mol. The van der Waals surface area contributed by atoms with E-state index in [0.717, 1.165) is 22.8 Å². The Balaban J connectivity index is 1.44. The molecule has 1 aliphatic rings. The van der Waals surface area contributed by atoms with Crippen molar-refractivity contribution in [2.75, 3.05) is 13.7 Å². The number of hydrogen-bond acceptors (Lipinski definition) is 5. The zero-order valence-corrected chi connectivity index (χ0v) is 16.6. The smallest absolute Gasteiger partial charge is 0.223 e. The van der Waals surface area contributed by atoms with Gasteiger partial charge in [0.15, 0.2) is 23.1 Å². The molecule has 0 saturated heterocycles. The molecule has 0 aliphatic carbocycles. The fraction of sp³-hybridized carbons (Fsp3) is 0.318. The fourth-order valence-electron chi connectivity index (χ4n) is 3.80. The number of phenols is 1. The Morgan fingerprint density at radius 1 is 1.21 bits per heavy atom. The van der Waals surface area contributed by atoms with Gasteiger partial charge in [-0.3, -0.25) is 4.79 Å². The molecule has 0 fully saturated rings. The third kappa shape index (κ3) is 3.81. The molecule has 150 valence electrons. The van der Waals surface area contributed by atoms with Crippen LogP contribution >= 0.6 is 0 Å². The first kappa shape index (κ1) is 19.0. The zero-order valence-electron chi connectivity index (χ0n) is 16.6. The Hall–Kier alpha value is -3.35. The molecular weight excluding hydrogens is 368 g/mol. The van der Waals surface area contributed by atoms with Crippen LogP contribution in [-0.2, 0) is 17.8 Å². The van der Waals surface area contributed by atoms with Crippen molar-refractivity contribution < 1.29 is 14.6 Å². The van der Waals surface area contributed by atoms with Crippen molar-refractivity contribution in [3.05, 3.63) is 59.9 Å². The van der Waals surface area contributed by atoms with Gasteiger partial charge < -0.3 is 19.3 Å². The van der Waals surface area contributed by atoms with Crippen molar-refractivity contribution in [2.24, 2.45) is 0 Å². The van der Waals surface area contributed by atoms with Crippen LogP contribution in [0.4, 0.5) is 0 Å². The average Bonchev–Trinajstić information content (AvgIpc) is 3.17. The number of nitrogens with zero attached hydrogens (tertiary/aromatic N) is 4. The Morgan fingerprint density at radius 2 is 2.00 bits per heavy atom. The van der Waals surface area contributed by atoms with Crippen LogP contribution in [0.15, 0.2) is 48.5 Å². The van der Waals surface area contributed by atoms with Gasteiger partial charge in [0.05, 0.1) is 19.7 Å². The van der Waals surface area contributed by atoms with Gasteiger partial charge in [0.1, 0.15) is 0 Å². The molecule has 0 bridgehead atoms. The normalized spacial score (nSPS) is 15.8. The Bertz CT molecular complexity index is 1020. The predicted octanol–water partition coefficient (Wildman–Crippen LogP) is 3.20. The second-order valence-corrected chi connectivity index (χ2v) is 7.31. The number of carbonyl (C=O) groups is 1. The van der Waals surface area contributed by atoms with Gasteiger partial charge in [0.2, 0.25) is 5.91 Å². The molecule has 2 aromatic carbocycles. The molecule has 1 atom stereocenters. The number of aromatic hydroxyl groups is 1. The highest BCUT2D eigenvalue weighted by molar-refractivity contribution is 5.76. The number of fused-ring (bicyclic) bond motifs is 1. The lowest BCUT2D eigenvalue weighted by Crippen LogP contribution is -2.40. The van der Waals surface area contributed by atoms with Crippen molar-refractivity contribution in [3.63, 3.8) is 0 Å². The SMILES string of the molecule is COc1ccc(CCC(=O)N2Cc3nnc(-c4ccccc4)n3[C@@H](C)C2)cc1O. The summed E-state index contributed by atoms with van der Waals surface area (Å²) >= 11 is 0. The lowest BCUT2D eigenvalue weighted by atomic mass is 10.1. The van der Waals surface area contributed by atoms with Crippen LogP contribution in [-0.4, -0.2) is 44.3 Å². The molecule has 0 radical (unpaired) electrons. The molecular formula is C22H24N4O3. The first-order chi connectivity index (χ1) is 14.1. The van der Waals surface area contributed by atoms with E-state index in [2.05, 4.69) is 21.7 Å². The predicted molar refractivity (Wildman–Crippen MR) is 109 cm³/mol.